The fraction of sp³-hybridized carbons (Fsp3) is 0.700. The molecule has 0 aromatic rings. The van der Waals surface area contributed by atoms with Crippen LogP contribution in [0.15, 0.2) is 23.3 Å². The Bertz CT molecular complexity index is 678. The molecule has 1 saturated heterocycles. The van der Waals surface area contributed by atoms with Crippen molar-refractivity contribution in [3.63, 3.8) is 0 Å². The zero-order chi connectivity index (χ0) is 17.8. The van der Waals surface area contributed by atoms with E-state index in [4.69, 9.17) is 9.47 Å². The maximum Gasteiger partial charge on any atom is 0.334 e. The van der Waals surface area contributed by atoms with Gasteiger partial charge in [0.15, 0.2) is 0 Å². The highest BCUT2D eigenvalue weighted by Gasteiger charge is 2.61. The molecule has 2 heterocycles. The highest BCUT2D eigenvalue weighted by Crippen LogP contribution is 2.63. The van der Waals surface area contributed by atoms with Gasteiger partial charge in [-0.3, -0.25) is 0 Å². The van der Waals surface area contributed by atoms with Crippen LogP contribution < -0.4 is 0 Å². The van der Waals surface area contributed by atoms with Gasteiger partial charge in [-0.1, -0.05) is 19.9 Å². The van der Waals surface area contributed by atoms with Crippen LogP contribution in [0.1, 0.15) is 46.0 Å². The largest absolute Gasteiger partial charge is 0.461 e. The van der Waals surface area contributed by atoms with E-state index in [0.717, 1.165) is 31.3 Å². The van der Waals surface area contributed by atoms with Crippen molar-refractivity contribution in [3.05, 3.63) is 23.3 Å². The minimum absolute atomic E-state index is 0.113. The Morgan fingerprint density at radius 1 is 1.32 bits per heavy atom. The predicted octanol–water partition coefficient (Wildman–Crippen LogP) is 2.54. The third kappa shape index (κ3) is 2.39. The normalized spacial score (nSPS) is 41.2. The number of rotatable bonds is 3. The summed E-state index contributed by atoms with van der Waals surface area (Å²) in [6.07, 6.45) is 7.30. The summed E-state index contributed by atoms with van der Waals surface area (Å²) in [6, 6.07) is 0. The lowest BCUT2D eigenvalue weighted by atomic mass is 9.46. The van der Waals surface area contributed by atoms with E-state index in [9.17, 15) is 14.7 Å². The van der Waals surface area contributed by atoms with Gasteiger partial charge in [-0.2, -0.15) is 0 Å². The fourth-order valence-electron chi connectivity index (χ4n) is 5.76. The Morgan fingerprint density at radius 2 is 2.12 bits per heavy atom. The number of aliphatic hydroxyl groups excluding tert-OH is 1. The third-order valence-corrected chi connectivity index (χ3v) is 7.38. The topological polar surface area (TPSA) is 72.8 Å². The van der Waals surface area contributed by atoms with Gasteiger partial charge in [0.1, 0.15) is 13.2 Å². The number of ether oxygens (including phenoxy) is 2. The number of cyclic esters (lactones) is 2. The van der Waals surface area contributed by atoms with Crippen molar-refractivity contribution in [2.45, 2.75) is 52.1 Å². The van der Waals surface area contributed by atoms with Crippen molar-refractivity contribution in [2.24, 2.45) is 22.7 Å². The molecule has 0 aromatic heterocycles. The van der Waals surface area contributed by atoms with E-state index in [1.165, 1.54) is 6.08 Å². The van der Waals surface area contributed by atoms with Crippen LogP contribution >= 0.6 is 0 Å². The minimum Gasteiger partial charge on any atom is -0.461 e. The summed E-state index contributed by atoms with van der Waals surface area (Å²) in [5, 5.41) is 10.8. The second-order valence-corrected chi connectivity index (χ2v) is 8.47. The van der Waals surface area contributed by atoms with E-state index in [1.807, 2.05) is 0 Å². The lowest BCUT2D eigenvalue weighted by molar-refractivity contribution is -0.136. The second kappa shape index (κ2) is 5.70. The van der Waals surface area contributed by atoms with Crippen LogP contribution in [0, 0.1) is 22.7 Å². The van der Waals surface area contributed by atoms with Crippen LogP contribution in [0.4, 0.5) is 0 Å². The summed E-state index contributed by atoms with van der Waals surface area (Å²) in [6.45, 7) is 5.16. The molecule has 0 bridgehead atoms. The Labute approximate surface area is 148 Å². The molecule has 0 amide bonds. The van der Waals surface area contributed by atoms with Crippen molar-refractivity contribution in [3.8, 4) is 0 Å². The first-order valence-electron chi connectivity index (χ1n) is 9.30. The molecule has 0 unspecified atom stereocenters. The molecule has 4 rings (SSSR count). The molecule has 1 saturated carbocycles. The van der Waals surface area contributed by atoms with E-state index in [-0.39, 0.29) is 29.4 Å². The van der Waals surface area contributed by atoms with Gasteiger partial charge in [-0.15, -0.1) is 0 Å². The summed E-state index contributed by atoms with van der Waals surface area (Å²) < 4.78 is 10.4. The lowest BCUT2D eigenvalue weighted by Crippen LogP contribution is -2.52. The Morgan fingerprint density at radius 3 is 2.84 bits per heavy atom. The van der Waals surface area contributed by atoms with Crippen molar-refractivity contribution >= 4 is 11.9 Å². The highest BCUT2D eigenvalue weighted by molar-refractivity contribution is 5.92. The highest BCUT2D eigenvalue weighted by atomic mass is 16.5. The molecule has 5 heteroatoms. The second-order valence-electron chi connectivity index (χ2n) is 8.47. The molecule has 2 aliphatic heterocycles. The quantitative estimate of drug-likeness (QED) is 0.795. The first-order valence-corrected chi connectivity index (χ1v) is 9.30. The van der Waals surface area contributed by atoms with Crippen LogP contribution in [0.5, 0.6) is 0 Å². The molecule has 5 atom stereocenters. The van der Waals surface area contributed by atoms with Crippen LogP contribution in [-0.4, -0.2) is 36.4 Å². The summed E-state index contributed by atoms with van der Waals surface area (Å²) >= 11 is 0. The fourth-order valence-corrected chi connectivity index (χ4v) is 5.76. The first kappa shape index (κ1) is 16.8. The van der Waals surface area contributed by atoms with Gasteiger partial charge >= 0.3 is 11.9 Å². The van der Waals surface area contributed by atoms with E-state index in [0.29, 0.717) is 30.4 Å². The third-order valence-electron chi connectivity index (χ3n) is 7.38. The molecule has 0 radical (unpaired) electrons. The smallest absolute Gasteiger partial charge is 0.334 e. The molecular formula is C20H26O5. The first-order chi connectivity index (χ1) is 11.9. The van der Waals surface area contributed by atoms with Crippen LogP contribution in [-0.2, 0) is 19.1 Å². The molecule has 1 N–H and O–H groups in total. The van der Waals surface area contributed by atoms with Crippen molar-refractivity contribution in [2.75, 3.05) is 13.2 Å². The van der Waals surface area contributed by atoms with Gasteiger partial charge in [0, 0.05) is 22.6 Å². The van der Waals surface area contributed by atoms with E-state index < -0.39 is 6.10 Å². The van der Waals surface area contributed by atoms with Gasteiger partial charge in [0.25, 0.3) is 0 Å². The Hall–Kier alpha value is -1.62. The number of esters is 2. The zero-order valence-electron chi connectivity index (χ0n) is 14.9. The van der Waals surface area contributed by atoms with Crippen LogP contribution in [0.2, 0.25) is 0 Å². The van der Waals surface area contributed by atoms with Gasteiger partial charge in [0.05, 0.1) is 6.10 Å². The summed E-state index contributed by atoms with van der Waals surface area (Å²) in [7, 11) is 0. The maximum absolute atomic E-state index is 12.2. The number of hydrogen-bond donors (Lipinski definition) is 1. The van der Waals surface area contributed by atoms with Crippen LogP contribution in [0.25, 0.3) is 0 Å². The number of allylic oxidation sites excluding steroid dienone is 1. The molecule has 1 spiro atoms. The molecule has 136 valence electrons. The van der Waals surface area contributed by atoms with Crippen LogP contribution in [0.3, 0.4) is 0 Å². The SMILES string of the molecule is C[C@@H]1CC[C@]23COC(=O)C2=CCC[C@@H]3[C@@]1(C)C[C@@H](O)C1=CC(=O)OC1. The molecule has 2 aliphatic carbocycles. The van der Waals surface area contributed by atoms with E-state index >= 15 is 0 Å². The van der Waals surface area contributed by atoms with Crippen molar-refractivity contribution < 1.29 is 24.2 Å². The number of aliphatic hydroxyl groups is 1. The zero-order valence-corrected chi connectivity index (χ0v) is 14.9. The molecule has 0 aromatic carbocycles. The minimum atomic E-state index is -0.679. The molecule has 25 heavy (non-hydrogen) atoms. The van der Waals surface area contributed by atoms with E-state index in [1.54, 1.807) is 0 Å². The average Bonchev–Trinajstić information content (AvgIpc) is 3.16. The van der Waals surface area contributed by atoms with Crippen molar-refractivity contribution in [1.82, 2.24) is 0 Å². The van der Waals surface area contributed by atoms with Gasteiger partial charge < -0.3 is 14.6 Å². The molecular weight excluding hydrogens is 320 g/mol. The van der Waals surface area contributed by atoms with Gasteiger partial charge in [-0.25, -0.2) is 9.59 Å². The average molecular weight is 346 g/mol. The maximum atomic E-state index is 12.2. The Kier molecular flexibility index (Phi) is 3.83. The molecule has 4 aliphatic rings. The number of carbonyl (C=O) groups excluding carboxylic acids is 2. The molecule has 5 nitrogen and oxygen atoms in total. The number of hydrogen-bond acceptors (Lipinski definition) is 5. The summed E-state index contributed by atoms with van der Waals surface area (Å²) in [4.78, 5) is 23.6. The molecule has 2 fully saturated rings. The number of carbonyl (C=O) groups is 2. The monoisotopic (exact) mass is 346 g/mol. The predicted molar refractivity (Wildman–Crippen MR) is 90.4 cm³/mol. The lowest BCUT2D eigenvalue weighted by Gasteiger charge is -2.57. The summed E-state index contributed by atoms with van der Waals surface area (Å²) in [5.41, 5.74) is 1.24. The van der Waals surface area contributed by atoms with E-state index in [2.05, 4.69) is 19.9 Å². The Balaban J connectivity index is 1.65. The standard InChI is InChI=1S/C20H26O5/c1-12-6-7-20-11-25-18(23)14(20)4-3-5-16(20)19(12,2)9-15(21)13-8-17(22)24-10-13/h4,8,12,15-16,21H,3,5-7,9-11H2,1-2H3/t12-,15-,16-,19+,20+/m1/s1. The van der Waals surface area contributed by atoms with Gasteiger partial charge in [-0.05, 0) is 49.4 Å². The summed E-state index contributed by atoms with van der Waals surface area (Å²) in [5.74, 6) is 0.222. The van der Waals surface area contributed by atoms with Crippen molar-refractivity contribution in [1.29, 1.82) is 0 Å². The van der Waals surface area contributed by atoms with Gasteiger partial charge in [0.2, 0.25) is 0 Å².